The zero-order valence-corrected chi connectivity index (χ0v) is 23.2. The predicted molar refractivity (Wildman–Crippen MR) is 148 cm³/mol. The van der Waals surface area contributed by atoms with Crippen LogP contribution in [0.1, 0.15) is 96.1 Å². The fraction of sp³-hybridized carbons (Fsp3) is 0.484. The summed E-state index contributed by atoms with van der Waals surface area (Å²) in [6, 6.07) is 13.4. The van der Waals surface area contributed by atoms with Gasteiger partial charge in [-0.15, -0.1) is 0 Å². The smallest absolute Gasteiger partial charge is 0.138 e. The van der Waals surface area contributed by atoms with Gasteiger partial charge in [0.15, 0.2) is 0 Å². The zero-order valence-electron chi connectivity index (χ0n) is 23.2. The fourth-order valence-electron chi connectivity index (χ4n) is 3.54. The summed E-state index contributed by atoms with van der Waals surface area (Å²) >= 11 is 0. The van der Waals surface area contributed by atoms with E-state index in [1.807, 2.05) is 36.4 Å². The number of nitrogens with zero attached hydrogens (tertiary/aromatic N) is 2. The summed E-state index contributed by atoms with van der Waals surface area (Å²) in [6.07, 6.45) is 8.63. The Kier molecular flexibility index (Phi) is 11.5. The van der Waals surface area contributed by atoms with Crippen LogP contribution in [0.5, 0.6) is 11.5 Å². The van der Waals surface area contributed by atoms with Crippen molar-refractivity contribution in [3.05, 3.63) is 83.9 Å². The number of aliphatic hydroxyl groups is 2. The zero-order chi connectivity index (χ0) is 27.5. The molecular formula is C31H44N2O4. The molecule has 0 fully saturated rings. The number of rotatable bonds is 9. The first kappa shape index (κ1) is 30.3. The highest BCUT2D eigenvalue weighted by atomic mass is 16.5. The molecule has 2 aromatic heterocycles. The molecule has 0 aliphatic carbocycles. The number of ether oxygens (including phenoxy) is 1. The number of aliphatic hydroxyl groups excluding tert-OH is 2. The Morgan fingerprint density at radius 1 is 0.730 bits per heavy atom. The Hall–Kier alpha value is -2.96. The van der Waals surface area contributed by atoms with Crippen molar-refractivity contribution in [3.8, 4) is 11.5 Å². The first-order valence-corrected chi connectivity index (χ1v) is 12.9. The number of aromatic hydroxyl groups is 1. The highest BCUT2D eigenvalue weighted by molar-refractivity contribution is 5.26. The van der Waals surface area contributed by atoms with Gasteiger partial charge in [-0.25, -0.2) is 0 Å². The molecule has 2 heterocycles. The lowest BCUT2D eigenvalue weighted by Gasteiger charge is -2.20. The van der Waals surface area contributed by atoms with Crippen molar-refractivity contribution in [1.29, 1.82) is 0 Å². The maximum atomic E-state index is 10.3. The summed E-state index contributed by atoms with van der Waals surface area (Å²) in [7, 11) is 0. The van der Waals surface area contributed by atoms with Crippen LogP contribution in [0.25, 0.3) is 0 Å². The lowest BCUT2D eigenvalue weighted by molar-refractivity contribution is 0.146. The average Bonchev–Trinajstić information content (AvgIpc) is 2.85. The Morgan fingerprint density at radius 3 is 1.76 bits per heavy atom. The van der Waals surface area contributed by atoms with E-state index in [1.165, 1.54) is 6.20 Å². The molecule has 1 aromatic carbocycles. The van der Waals surface area contributed by atoms with Crippen LogP contribution in [0.2, 0.25) is 0 Å². The standard InChI is InChI=1S/C19H25NO2.C12H19NO2/c1-19(2,3)10-9-18(21)16-11-17(13-20-12-16)22-14-15-7-5-4-6-8-15;1-12(2,3)5-4-11(15)9-6-10(14)8-13-7-9/h4-8,11-13,18,21H,9-10,14H2,1-3H3;6-8,11,14-15H,4-5H2,1-3H3/t18-;11-/m00/s1. The SMILES string of the molecule is CC(C)(C)CC[C@H](O)c1cncc(O)c1.CC(C)(C)CC[C@H](O)c1cncc(OCc2ccccc2)c1. The van der Waals surface area contributed by atoms with E-state index >= 15 is 0 Å². The molecule has 0 unspecified atom stereocenters. The number of hydrogen-bond donors (Lipinski definition) is 3. The van der Waals surface area contributed by atoms with Crippen LogP contribution in [0.15, 0.2) is 67.3 Å². The van der Waals surface area contributed by atoms with Gasteiger partial charge in [0.1, 0.15) is 18.1 Å². The second kappa shape index (κ2) is 14.1. The number of benzene rings is 1. The fourth-order valence-corrected chi connectivity index (χ4v) is 3.54. The van der Waals surface area contributed by atoms with Crippen molar-refractivity contribution < 1.29 is 20.1 Å². The van der Waals surface area contributed by atoms with E-state index < -0.39 is 12.2 Å². The van der Waals surface area contributed by atoms with Crippen LogP contribution in [0, 0.1) is 10.8 Å². The lowest BCUT2D eigenvalue weighted by atomic mass is 9.88. The third kappa shape index (κ3) is 12.7. The number of pyridine rings is 2. The summed E-state index contributed by atoms with van der Waals surface area (Å²) < 4.78 is 5.75. The van der Waals surface area contributed by atoms with Crippen LogP contribution >= 0.6 is 0 Å². The van der Waals surface area contributed by atoms with Crippen molar-refractivity contribution in [2.24, 2.45) is 10.8 Å². The maximum absolute atomic E-state index is 10.3. The van der Waals surface area contributed by atoms with Gasteiger partial charge in [0.05, 0.1) is 24.6 Å². The first-order chi connectivity index (χ1) is 17.3. The monoisotopic (exact) mass is 508 g/mol. The van der Waals surface area contributed by atoms with Gasteiger partial charge in [0.25, 0.3) is 0 Å². The third-order valence-electron chi connectivity index (χ3n) is 5.83. The van der Waals surface area contributed by atoms with Crippen LogP contribution in [-0.2, 0) is 6.61 Å². The molecule has 0 saturated carbocycles. The molecule has 0 amide bonds. The van der Waals surface area contributed by atoms with Gasteiger partial charge >= 0.3 is 0 Å². The van der Waals surface area contributed by atoms with Crippen LogP contribution in [-0.4, -0.2) is 25.3 Å². The molecular weight excluding hydrogens is 464 g/mol. The van der Waals surface area contributed by atoms with Crippen molar-refractivity contribution in [3.63, 3.8) is 0 Å². The van der Waals surface area contributed by atoms with Crippen molar-refractivity contribution >= 4 is 0 Å². The van der Waals surface area contributed by atoms with Gasteiger partial charge < -0.3 is 20.1 Å². The van der Waals surface area contributed by atoms with E-state index in [2.05, 4.69) is 51.5 Å². The minimum absolute atomic E-state index is 0.0994. The molecule has 3 rings (SSSR count). The summed E-state index contributed by atoms with van der Waals surface area (Å²) in [5, 5.41) is 29.4. The average molecular weight is 509 g/mol. The van der Waals surface area contributed by atoms with Crippen LogP contribution in [0.4, 0.5) is 0 Å². The summed E-state index contributed by atoms with van der Waals surface area (Å²) in [6.45, 7) is 13.5. The minimum atomic E-state index is -0.538. The molecule has 202 valence electrons. The van der Waals surface area contributed by atoms with E-state index in [4.69, 9.17) is 4.74 Å². The van der Waals surface area contributed by atoms with Crippen molar-refractivity contribution in [2.45, 2.75) is 86.0 Å². The normalized spacial score (nSPS) is 13.3. The van der Waals surface area contributed by atoms with Crippen molar-refractivity contribution in [2.75, 3.05) is 0 Å². The van der Waals surface area contributed by atoms with E-state index in [0.717, 1.165) is 30.4 Å². The Bertz CT molecular complexity index is 1060. The molecule has 0 saturated heterocycles. The molecule has 2 atom stereocenters. The number of aromatic nitrogens is 2. The molecule has 0 aliphatic rings. The maximum Gasteiger partial charge on any atom is 0.138 e. The first-order valence-electron chi connectivity index (χ1n) is 12.9. The van der Waals surface area contributed by atoms with Crippen molar-refractivity contribution in [1.82, 2.24) is 9.97 Å². The molecule has 3 N–H and O–H groups in total. The van der Waals surface area contributed by atoms with Crippen LogP contribution in [0.3, 0.4) is 0 Å². The Labute approximate surface area is 222 Å². The number of hydrogen-bond acceptors (Lipinski definition) is 6. The molecule has 0 spiro atoms. The largest absolute Gasteiger partial charge is 0.506 e. The van der Waals surface area contributed by atoms with Gasteiger partial charge in [-0.1, -0.05) is 71.9 Å². The minimum Gasteiger partial charge on any atom is -0.506 e. The quantitative estimate of drug-likeness (QED) is 0.284. The molecule has 6 heteroatoms. The third-order valence-corrected chi connectivity index (χ3v) is 5.83. The molecule has 0 radical (unpaired) electrons. The Morgan fingerprint density at radius 2 is 1.24 bits per heavy atom. The molecule has 0 aliphatic heterocycles. The predicted octanol–water partition coefficient (Wildman–Crippen LogP) is 7.17. The highest BCUT2D eigenvalue weighted by Crippen LogP contribution is 2.29. The summed E-state index contributed by atoms with van der Waals surface area (Å²) in [5.74, 6) is 0.790. The molecule has 3 aromatic rings. The lowest BCUT2D eigenvalue weighted by Crippen LogP contribution is -2.08. The van der Waals surface area contributed by atoms with Gasteiger partial charge in [-0.05, 0) is 54.2 Å². The molecule has 0 bridgehead atoms. The summed E-state index contributed by atoms with van der Waals surface area (Å²) in [4.78, 5) is 8.02. The highest BCUT2D eigenvalue weighted by Gasteiger charge is 2.16. The van der Waals surface area contributed by atoms with E-state index in [1.54, 1.807) is 24.7 Å². The van der Waals surface area contributed by atoms with Gasteiger partial charge in [-0.2, -0.15) is 0 Å². The Balaban J connectivity index is 0.000000281. The second-order valence-electron chi connectivity index (χ2n) is 11.9. The summed E-state index contributed by atoms with van der Waals surface area (Å²) in [5.41, 5.74) is 3.04. The molecule has 37 heavy (non-hydrogen) atoms. The topological polar surface area (TPSA) is 95.7 Å². The van der Waals surface area contributed by atoms with E-state index in [-0.39, 0.29) is 16.6 Å². The van der Waals surface area contributed by atoms with Gasteiger partial charge in [0, 0.05) is 23.5 Å². The van der Waals surface area contributed by atoms with Crippen LogP contribution < -0.4 is 4.74 Å². The molecule has 6 nitrogen and oxygen atoms in total. The van der Waals surface area contributed by atoms with Gasteiger partial charge in [-0.3, -0.25) is 9.97 Å². The second-order valence-corrected chi connectivity index (χ2v) is 11.9. The van der Waals surface area contributed by atoms with E-state index in [9.17, 15) is 15.3 Å². The van der Waals surface area contributed by atoms with E-state index in [0.29, 0.717) is 24.3 Å². The van der Waals surface area contributed by atoms with Gasteiger partial charge in [0.2, 0.25) is 0 Å².